The van der Waals surface area contributed by atoms with Crippen LogP contribution in [0.5, 0.6) is 5.75 Å². The summed E-state index contributed by atoms with van der Waals surface area (Å²) in [5.41, 5.74) is 1.59. The summed E-state index contributed by atoms with van der Waals surface area (Å²) < 4.78 is 10.4. The highest BCUT2D eigenvalue weighted by Gasteiger charge is 2.42. The Morgan fingerprint density at radius 2 is 2.00 bits per heavy atom. The quantitative estimate of drug-likeness (QED) is 0.789. The van der Waals surface area contributed by atoms with Crippen molar-refractivity contribution in [3.05, 3.63) is 58.6 Å². The Bertz CT molecular complexity index is 840. The number of rotatable bonds is 6. The van der Waals surface area contributed by atoms with Crippen molar-refractivity contribution < 1.29 is 19.1 Å². The van der Waals surface area contributed by atoms with Crippen LogP contribution in [0.2, 0.25) is 5.02 Å². The lowest BCUT2D eigenvalue weighted by Gasteiger charge is -2.26. The molecule has 6 nitrogen and oxygen atoms in total. The normalized spacial score (nSPS) is 15.7. The van der Waals surface area contributed by atoms with E-state index >= 15 is 0 Å². The number of anilines is 1. The SMILES string of the molecule is COCCNC(=O)C1c2ccccc2C(=O)N1c1cc(Cl)ccc1OC. The highest BCUT2D eigenvalue weighted by molar-refractivity contribution is 6.31. The number of hydrogen-bond donors (Lipinski definition) is 1. The first kappa shape index (κ1) is 18.2. The van der Waals surface area contributed by atoms with Gasteiger partial charge in [0.2, 0.25) is 5.91 Å². The van der Waals surface area contributed by atoms with Gasteiger partial charge < -0.3 is 14.8 Å². The summed E-state index contributed by atoms with van der Waals surface area (Å²) in [5, 5.41) is 3.25. The van der Waals surface area contributed by atoms with Gasteiger partial charge in [0.1, 0.15) is 11.8 Å². The molecule has 0 aromatic heterocycles. The standard InChI is InChI=1S/C19H19ClN2O4/c1-25-10-9-21-18(23)17-13-5-3-4-6-14(13)19(24)22(17)15-11-12(20)7-8-16(15)26-2/h3-8,11,17H,9-10H2,1-2H3,(H,21,23). The minimum Gasteiger partial charge on any atom is -0.495 e. The lowest BCUT2D eigenvalue weighted by molar-refractivity contribution is -0.122. The van der Waals surface area contributed by atoms with Gasteiger partial charge in [-0.05, 0) is 29.8 Å². The van der Waals surface area contributed by atoms with Crippen molar-refractivity contribution in [2.45, 2.75) is 6.04 Å². The topological polar surface area (TPSA) is 67.9 Å². The number of methoxy groups -OCH3 is 2. The van der Waals surface area contributed by atoms with Gasteiger partial charge in [-0.3, -0.25) is 14.5 Å². The predicted molar refractivity (Wildman–Crippen MR) is 98.9 cm³/mol. The molecule has 136 valence electrons. The Balaban J connectivity index is 2.06. The van der Waals surface area contributed by atoms with E-state index in [0.717, 1.165) is 0 Å². The number of nitrogens with one attached hydrogen (secondary N) is 1. The number of nitrogens with zero attached hydrogens (tertiary/aromatic N) is 1. The Morgan fingerprint density at radius 3 is 2.73 bits per heavy atom. The van der Waals surface area contributed by atoms with Crippen LogP contribution in [0.25, 0.3) is 0 Å². The van der Waals surface area contributed by atoms with Crippen molar-refractivity contribution in [1.82, 2.24) is 5.32 Å². The van der Waals surface area contributed by atoms with Crippen molar-refractivity contribution in [2.24, 2.45) is 0 Å². The maximum absolute atomic E-state index is 13.0. The predicted octanol–water partition coefficient (Wildman–Crippen LogP) is 2.81. The number of benzene rings is 2. The van der Waals surface area contributed by atoms with Gasteiger partial charge in [0, 0.05) is 24.2 Å². The molecule has 0 radical (unpaired) electrons. The van der Waals surface area contributed by atoms with Crippen LogP contribution in [-0.2, 0) is 9.53 Å². The molecule has 1 aliphatic heterocycles. The van der Waals surface area contributed by atoms with E-state index in [4.69, 9.17) is 21.1 Å². The summed E-state index contributed by atoms with van der Waals surface area (Å²) in [7, 11) is 3.07. The van der Waals surface area contributed by atoms with Gasteiger partial charge in [0.25, 0.3) is 5.91 Å². The molecule has 2 aromatic carbocycles. The smallest absolute Gasteiger partial charge is 0.259 e. The van der Waals surface area contributed by atoms with Crippen LogP contribution in [0.4, 0.5) is 5.69 Å². The van der Waals surface area contributed by atoms with E-state index in [0.29, 0.717) is 40.7 Å². The second-order valence-corrected chi connectivity index (χ2v) is 6.20. The van der Waals surface area contributed by atoms with Gasteiger partial charge in [-0.1, -0.05) is 29.8 Å². The van der Waals surface area contributed by atoms with Crippen molar-refractivity contribution in [3.63, 3.8) is 0 Å². The zero-order valence-corrected chi connectivity index (χ0v) is 15.2. The molecule has 26 heavy (non-hydrogen) atoms. The number of carbonyl (C=O) groups is 2. The lowest BCUT2D eigenvalue weighted by atomic mass is 10.0. The summed E-state index contributed by atoms with van der Waals surface area (Å²) in [6.45, 7) is 0.733. The summed E-state index contributed by atoms with van der Waals surface area (Å²) in [6, 6.07) is 11.2. The van der Waals surface area contributed by atoms with Crippen molar-refractivity contribution >= 4 is 29.1 Å². The molecule has 0 aliphatic carbocycles. The molecule has 7 heteroatoms. The van der Waals surface area contributed by atoms with Crippen LogP contribution in [-0.4, -0.2) is 39.2 Å². The van der Waals surface area contributed by atoms with E-state index in [1.807, 2.05) is 0 Å². The second-order valence-electron chi connectivity index (χ2n) is 5.76. The number of carbonyl (C=O) groups excluding carboxylic acids is 2. The van der Waals surface area contributed by atoms with Crippen LogP contribution < -0.4 is 15.0 Å². The minimum atomic E-state index is -0.803. The van der Waals surface area contributed by atoms with Crippen LogP contribution in [0.3, 0.4) is 0 Å². The van der Waals surface area contributed by atoms with E-state index in [9.17, 15) is 9.59 Å². The monoisotopic (exact) mass is 374 g/mol. The Kier molecular flexibility index (Phi) is 5.44. The number of amides is 2. The zero-order valence-electron chi connectivity index (χ0n) is 14.5. The van der Waals surface area contributed by atoms with Crippen molar-refractivity contribution in [1.29, 1.82) is 0 Å². The number of hydrogen-bond acceptors (Lipinski definition) is 4. The van der Waals surface area contributed by atoms with E-state index in [1.165, 1.54) is 12.0 Å². The molecular formula is C19H19ClN2O4. The van der Waals surface area contributed by atoms with E-state index < -0.39 is 6.04 Å². The summed E-state index contributed by atoms with van der Waals surface area (Å²) >= 11 is 6.13. The number of ether oxygens (including phenoxy) is 2. The summed E-state index contributed by atoms with van der Waals surface area (Å²) in [6.07, 6.45) is 0. The molecule has 1 atom stereocenters. The van der Waals surface area contributed by atoms with Crippen molar-refractivity contribution in [3.8, 4) is 5.75 Å². The van der Waals surface area contributed by atoms with E-state index in [1.54, 1.807) is 49.6 Å². The molecule has 0 saturated heterocycles. The van der Waals surface area contributed by atoms with E-state index in [2.05, 4.69) is 5.32 Å². The average molecular weight is 375 g/mol. The zero-order chi connectivity index (χ0) is 18.7. The lowest BCUT2D eigenvalue weighted by Crippen LogP contribution is -2.40. The molecule has 3 rings (SSSR count). The molecule has 0 fully saturated rings. The van der Waals surface area contributed by atoms with Gasteiger partial charge in [0.15, 0.2) is 0 Å². The van der Waals surface area contributed by atoms with Crippen LogP contribution in [0.15, 0.2) is 42.5 Å². The van der Waals surface area contributed by atoms with E-state index in [-0.39, 0.29) is 11.8 Å². The highest BCUT2D eigenvalue weighted by Crippen LogP contribution is 2.42. The molecule has 1 aliphatic rings. The first-order valence-electron chi connectivity index (χ1n) is 8.11. The van der Waals surface area contributed by atoms with Gasteiger partial charge >= 0.3 is 0 Å². The van der Waals surface area contributed by atoms with Crippen LogP contribution in [0, 0.1) is 0 Å². The fourth-order valence-electron chi connectivity index (χ4n) is 3.05. The maximum Gasteiger partial charge on any atom is 0.259 e. The largest absolute Gasteiger partial charge is 0.495 e. The number of fused-ring (bicyclic) bond motifs is 1. The first-order chi connectivity index (χ1) is 12.6. The molecule has 2 amide bonds. The van der Waals surface area contributed by atoms with Crippen LogP contribution in [0.1, 0.15) is 22.0 Å². The van der Waals surface area contributed by atoms with Gasteiger partial charge in [-0.15, -0.1) is 0 Å². The average Bonchev–Trinajstić information content (AvgIpc) is 2.95. The number of halogens is 1. The Hall–Kier alpha value is -2.57. The van der Waals surface area contributed by atoms with Gasteiger partial charge in [-0.25, -0.2) is 0 Å². The second kappa shape index (κ2) is 7.76. The molecular weight excluding hydrogens is 356 g/mol. The third-order valence-corrected chi connectivity index (χ3v) is 4.45. The molecule has 0 bridgehead atoms. The fourth-order valence-corrected chi connectivity index (χ4v) is 3.21. The summed E-state index contributed by atoms with van der Waals surface area (Å²) in [5.74, 6) is -0.0966. The third-order valence-electron chi connectivity index (χ3n) is 4.22. The molecule has 1 unspecified atom stereocenters. The molecule has 0 saturated carbocycles. The van der Waals surface area contributed by atoms with Gasteiger partial charge in [0.05, 0.1) is 19.4 Å². The first-order valence-corrected chi connectivity index (χ1v) is 8.49. The maximum atomic E-state index is 13.0. The Labute approximate surface area is 156 Å². The highest BCUT2D eigenvalue weighted by atomic mass is 35.5. The third kappa shape index (κ3) is 3.25. The fraction of sp³-hybridized carbons (Fsp3) is 0.263. The summed E-state index contributed by atoms with van der Waals surface area (Å²) in [4.78, 5) is 27.3. The molecule has 1 N–H and O–H groups in total. The van der Waals surface area contributed by atoms with Gasteiger partial charge in [-0.2, -0.15) is 0 Å². The molecule has 2 aromatic rings. The van der Waals surface area contributed by atoms with Crippen molar-refractivity contribution in [2.75, 3.05) is 32.3 Å². The van der Waals surface area contributed by atoms with Crippen LogP contribution >= 0.6 is 11.6 Å². The Morgan fingerprint density at radius 1 is 1.23 bits per heavy atom. The molecule has 0 spiro atoms. The minimum absolute atomic E-state index is 0.270. The molecule has 1 heterocycles.